The Balaban J connectivity index is 2.68. The van der Waals surface area contributed by atoms with Gasteiger partial charge in [-0.3, -0.25) is 0 Å². The van der Waals surface area contributed by atoms with E-state index in [9.17, 15) is 8.42 Å². The Morgan fingerprint density at radius 3 is 2.50 bits per heavy atom. The summed E-state index contributed by atoms with van der Waals surface area (Å²) >= 11 is 5.73. The first-order valence-corrected chi connectivity index (χ1v) is 7.11. The largest absolute Gasteiger partial charge is 0.353 e. The number of sulfonamides is 1. The summed E-state index contributed by atoms with van der Waals surface area (Å²) < 4.78 is 24.6. The van der Waals surface area contributed by atoms with Gasteiger partial charge in [-0.2, -0.15) is 15.0 Å². The van der Waals surface area contributed by atoms with E-state index in [-0.39, 0.29) is 23.5 Å². The highest BCUT2D eigenvalue weighted by molar-refractivity contribution is 7.89. The third kappa shape index (κ3) is 4.59. The van der Waals surface area contributed by atoms with Gasteiger partial charge in [0.2, 0.25) is 27.2 Å². The van der Waals surface area contributed by atoms with E-state index in [1.807, 2.05) is 0 Å². The maximum absolute atomic E-state index is 11.2. The van der Waals surface area contributed by atoms with Gasteiger partial charge in [0.25, 0.3) is 0 Å². The molecule has 8 nitrogen and oxygen atoms in total. The van der Waals surface area contributed by atoms with E-state index in [2.05, 4.69) is 25.0 Å². The number of rotatable bonds is 6. The Morgan fingerprint density at radius 1 is 1.28 bits per heavy atom. The van der Waals surface area contributed by atoms with Crippen molar-refractivity contribution in [3.05, 3.63) is 5.28 Å². The molecule has 10 heteroatoms. The smallest absolute Gasteiger partial charge is 0.230 e. The fourth-order valence-corrected chi connectivity index (χ4v) is 1.75. The molecule has 0 saturated carbocycles. The lowest BCUT2D eigenvalue weighted by Crippen LogP contribution is -2.26. The SMILES string of the molecule is CNS(=O)(=O)CCNc1nc(Cl)nc(N(C)C)n1. The second-order valence-corrected chi connectivity index (χ2v) is 5.96. The summed E-state index contributed by atoms with van der Waals surface area (Å²) in [6.07, 6.45) is 0. The summed E-state index contributed by atoms with van der Waals surface area (Å²) in [5.74, 6) is 0.559. The molecule has 0 radical (unpaired) electrons. The van der Waals surface area contributed by atoms with Crippen molar-refractivity contribution in [2.45, 2.75) is 0 Å². The highest BCUT2D eigenvalue weighted by atomic mass is 35.5. The van der Waals surface area contributed by atoms with E-state index in [4.69, 9.17) is 11.6 Å². The minimum Gasteiger partial charge on any atom is -0.353 e. The monoisotopic (exact) mass is 294 g/mol. The van der Waals surface area contributed by atoms with Crippen molar-refractivity contribution in [3.8, 4) is 0 Å². The van der Waals surface area contributed by atoms with Gasteiger partial charge in [0.05, 0.1) is 5.75 Å². The first-order chi connectivity index (χ1) is 8.34. The molecule has 0 atom stereocenters. The van der Waals surface area contributed by atoms with Crippen molar-refractivity contribution in [2.75, 3.05) is 43.7 Å². The molecule has 0 aromatic carbocycles. The van der Waals surface area contributed by atoms with Gasteiger partial charge in [-0.25, -0.2) is 13.1 Å². The van der Waals surface area contributed by atoms with Gasteiger partial charge < -0.3 is 10.2 Å². The van der Waals surface area contributed by atoms with Crippen molar-refractivity contribution < 1.29 is 8.42 Å². The van der Waals surface area contributed by atoms with Gasteiger partial charge in [-0.15, -0.1) is 0 Å². The summed E-state index contributed by atoms with van der Waals surface area (Å²) in [5.41, 5.74) is 0. The zero-order valence-corrected chi connectivity index (χ0v) is 11.9. The lowest BCUT2D eigenvalue weighted by molar-refractivity contribution is 0.588. The van der Waals surface area contributed by atoms with Crippen molar-refractivity contribution in [1.82, 2.24) is 19.7 Å². The first-order valence-electron chi connectivity index (χ1n) is 5.08. The molecule has 18 heavy (non-hydrogen) atoms. The number of anilines is 2. The number of nitrogens with zero attached hydrogens (tertiary/aromatic N) is 4. The number of hydrogen-bond donors (Lipinski definition) is 2. The third-order valence-electron chi connectivity index (χ3n) is 1.96. The standard InChI is InChI=1S/C8H15ClN6O2S/c1-10-18(16,17)5-4-11-7-12-6(9)13-8(14-7)15(2)3/h10H,4-5H2,1-3H3,(H,11,12,13,14). The van der Waals surface area contributed by atoms with Gasteiger partial charge >= 0.3 is 0 Å². The molecule has 1 aromatic heterocycles. The normalized spacial score (nSPS) is 11.3. The van der Waals surface area contributed by atoms with Crippen LogP contribution in [0.2, 0.25) is 5.28 Å². The average molecular weight is 295 g/mol. The van der Waals surface area contributed by atoms with Crippen LogP contribution in [-0.2, 0) is 10.0 Å². The van der Waals surface area contributed by atoms with E-state index < -0.39 is 10.0 Å². The predicted molar refractivity (Wildman–Crippen MR) is 70.5 cm³/mol. The lowest BCUT2D eigenvalue weighted by Gasteiger charge is -2.11. The summed E-state index contributed by atoms with van der Waals surface area (Å²) in [4.78, 5) is 13.5. The first kappa shape index (κ1) is 14.9. The Hall–Kier alpha value is -1.19. The third-order valence-corrected chi connectivity index (χ3v) is 3.49. The van der Waals surface area contributed by atoms with Gasteiger partial charge in [0.15, 0.2) is 0 Å². The second-order valence-electron chi connectivity index (χ2n) is 3.57. The van der Waals surface area contributed by atoms with Crippen molar-refractivity contribution in [2.24, 2.45) is 0 Å². The number of halogens is 1. The molecule has 0 aliphatic rings. The fraction of sp³-hybridized carbons (Fsp3) is 0.625. The molecule has 0 bridgehead atoms. The van der Waals surface area contributed by atoms with E-state index in [0.29, 0.717) is 5.95 Å². The van der Waals surface area contributed by atoms with Crippen LogP contribution in [0, 0.1) is 0 Å². The van der Waals surface area contributed by atoms with Gasteiger partial charge in [-0.1, -0.05) is 0 Å². The summed E-state index contributed by atoms with van der Waals surface area (Å²) in [6, 6.07) is 0. The van der Waals surface area contributed by atoms with Crippen LogP contribution in [0.1, 0.15) is 0 Å². The number of aromatic nitrogens is 3. The van der Waals surface area contributed by atoms with Crippen molar-refractivity contribution >= 4 is 33.5 Å². The maximum Gasteiger partial charge on any atom is 0.230 e. The fourth-order valence-electron chi connectivity index (χ4n) is 1.02. The van der Waals surface area contributed by atoms with Crippen molar-refractivity contribution in [1.29, 1.82) is 0 Å². The Bertz CT molecular complexity index is 506. The maximum atomic E-state index is 11.2. The van der Waals surface area contributed by atoms with Gasteiger partial charge in [0.1, 0.15) is 0 Å². The van der Waals surface area contributed by atoms with Crippen LogP contribution in [0.25, 0.3) is 0 Å². The molecule has 1 aromatic rings. The molecule has 0 spiro atoms. The van der Waals surface area contributed by atoms with Crippen LogP contribution in [0.15, 0.2) is 0 Å². The van der Waals surface area contributed by atoms with Crippen LogP contribution < -0.4 is 14.9 Å². The summed E-state index contributed by atoms with van der Waals surface area (Å²) in [7, 11) is 1.64. The average Bonchev–Trinajstić information content (AvgIpc) is 2.28. The Kier molecular flexibility index (Phi) is 5.05. The molecule has 0 aliphatic carbocycles. The molecule has 0 fully saturated rings. The number of nitrogens with one attached hydrogen (secondary N) is 2. The van der Waals surface area contributed by atoms with Crippen LogP contribution >= 0.6 is 11.6 Å². The Morgan fingerprint density at radius 2 is 1.94 bits per heavy atom. The molecule has 0 amide bonds. The number of hydrogen-bond acceptors (Lipinski definition) is 7. The molecule has 1 heterocycles. The molecule has 1 rings (SSSR count). The Labute approximate surface area is 111 Å². The molecule has 0 aliphatic heterocycles. The van der Waals surface area contributed by atoms with Crippen LogP contribution in [0.5, 0.6) is 0 Å². The predicted octanol–water partition coefficient (Wildman–Crippen LogP) is -0.448. The minimum absolute atomic E-state index is 0.0488. The minimum atomic E-state index is -3.25. The van der Waals surface area contributed by atoms with E-state index in [1.165, 1.54) is 7.05 Å². The van der Waals surface area contributed by atoms with E-state index >= 15 is 0 Å². The molecule has 102 valence electrons. The lowest BCUT2D eigenvalue weighted by atomic mass is 10.7. The second kappa shape index (κ2) is 6.12. The molecular formula is C8H15ClN6O2S. The molecule has 0 unspecified atom stereocenters. The zero-order valence-electron chi connectivity index (χ0n) is 10.3. The van der Waals surface area contributed by atoms with Crippen LogP contribution in [-0.4, -0.2) is 56.8 Å². The molecule has 2 N–H and O–H groups in total. The topological polar surface area (TPSA) is 100 Å². The molecule has 0 saturated heterocycles. The van der Waals surface area contributed by atoms with Gasteiger partial charge in [0, 0.05) is 20.6 Å². The molecular weight excluding hydrogens is 280 g/mol. The quantitative estimate of drug-likeness (QED) is 0.733. The van der Waals surface area contributed by atoms with E-state index in [1.54, 1.807) is 19.0 Å². The summed E-state index contributed by atoms with van der Waals surface area (Å²) in [5, 5.41) is 2.83. The van der Waals surface area contributed by atoms with Gasteiger partial charge in [-0.05, 0) is 18.6 Å². The van der Waals surface area contributed by atoms with Crippen molar-refractivity contribution in [3.63, 3.8) is 0 Å². The summed E-state index contributed by atoms with van der Waals surface area (Å²) in [6.45, 7) is 0.177. The highest BCUT2D eigenvalue weighted by Gasteiger charge is 2.09. The van der Waals surface area contributed by atoms with E-state index in [0.717, 1.165) is 0 Å². The zero-order chi connectivity index (χ0) is 13.8. The van der Waals surface area contributed by atoms with Crippen LogP contribution in [0.4, 0.5) is 11.9 Å². The highest BCUT2D eigenvalue weighted by Crippen LogP contribution is 2.11. The van der Waals surface area contributed by atoms with Crippen LogP contribution in [0.3, 0.4) is 0 Å².